The summed E-state index contributed by atoms with van der Waals surface area (Å²) in [6.07, 6.45) is 9.11. The van der Waals surface area contributed by atoms with Gasteiger partial charge >= 0.3 is 5.97 Å². The number of amides is 1. The number of aromatic nitrogens is 2. The van der Waals surface area contributed by atoms with E-state index < -0.39 is 11.5 Å². The molecule has 1 amide bonds. The van der Waals surface area contributed by atoms with Gasteiger partial charge in [-0.15, -0.1) is 0 Å². The number of pyridine rings is 1. The second kappa shape index (κ2) is 9.26. The predicted molar refractivity (Wildman–Crippen MR) is 117 cm³/mol. The Bertz CT molecular complexity index is 942. The highest BCUT2D eigenvalue weighted by atomic mass is 16.5. The van der Waals surface area contributed by atoms with Crippen molar-refractivity contribution in [1.82, 2.24) is 20.0 Å². The number of hydrogen-bond acceptors (Lipinski definition) is 5. The number of piperidine rings is 1. The van der Waals surface area contributed by atoms with Crippen LogP contribution >= 0.6 is 0 Å². The molecule has 3 heterocycles. The van der Waals surface area contributed by atoms with E-state index in [2.05, 4.69) is 15.6 Å². The first-order chi connectivity index (χ1) is 15.0. The van der Waals surface area contributed by atoms with Crippen molar-refractivity contribution in [2.75, 3.05) is 19.7 Å². The van der Waals surface area contributed by atoms with Crippen LogP contribution < -0.4 is 15.4 Å². The second-order valence-corrected chi connectivity index (χ2v) is 8.98. The summed E-state index contributed by atoms with van der Waals surface area (Å²) < 4.78 is 7.89. The average molecular weight is 429 g/mol. The highest BCUT2D eigenvalue weighted by Gasteiger charge is 2.37. The Kier molecular flexibility index (Phi) is 6.46. The number of rotatable bonds is 7. The Morgan fingerprint density at radius 1 is 1.29 bits per heavy atom. The van der Waals surface area contributed by atoms with Crippen LogP contribution in [0.3, 0.4) is 0 Å². The smallest absolute Gasteiger partial charge is 0.305 e. The Morgan fingerprint density at radius 2 is 2.03 bits per heavy atom. The van der Waals surface area contributed by atoms with Crippen molar-refractivity contribution < 1.29 is 19.4 Å². The number of nitrogens with zero attached hydrogens (tertiary/aromatic N) is 2. The van der Waals surface area contributed by atoms with Crippen LogP contribution in [0.4, 0.5) is 0 Å². The minimum Gasteiger partial charge on any atom is -0.489 e. The number of carbonyl (C=O) groups is 2. The third-order valence-corrected chi connectivity index (χ3v) is 6.63. The third-order valence-electron chi connectivity index (χ3n) is 6.63. The summed E-state index contributed by atoms with van der Waals surface area (Å²) in [5.74, 6) is 0.0500. The molecule has 2 aromatic heterocycles. The number of aryl methyl sites for hydroxylation is 1. The van der Waals surface area contributed by atoms with Gasteiger partial charge in [0.15, 0.2) is 11.4 Å². The standard InChI is InChI=1S/C23H32N4O4/c1-16-20(22(30)26-23(14-19(28)29)9-11-24-12-10-23)27-13-5-8-18(21(27)25-16)31-15-17-6-3-2-4-7-17/h5,8,13,17,24H,2-4,6-7,9-12,14-15H2,1H3,(H,26,30)(H,28,29). The predicted octanol–water partition coefficient (Wildman–Crippen LogP) is 2.93. The van der Waals surface area contributed by atoms with Crippen LogP contribution in [0.5, 0.6) is 5.75 Å². The molecule has 3 N–H and O–H groups in total. The Labute approximate surface area is 182 Å². The van der Waals surface area contributed by atoms with Gasteiger partial charge in [-0.3, -0.25) is 14.0 Å². The molecule has 1 saturated heterocycles. The Balaban J connectivity index is 1.56. The van der Waals surface area contributed by atoms with Crippen molar-refractivity contribution in [3.8, 4) is 5.75 Å². The molecule has 2 aliphatic rings. The lowest BCUT2D eigenvalue weighted by Crippen LogP contribution is -2.55. The van der Waals surface area contributed by atoms with Crippen LogP contribution in [-0.2, 0) is 4.79 Å². The number of carboxylic acid groups (broad SMARTS) is 1. The molecule has 2 fully saturated rings. The largest absolute Gasteiger partial charge is 0.489 e. The minimum atomic E-state index is -0.907. The summed E-state index contributed by atoms with van der Waals surface area (Å²) in [6, 6.07) is 3.75. The number of imidazole rings is 1. The fraction of sp³-hybridized carbons (Fsp3) is 0.609. The first-order valence-corrected chi connectivity index (χ1v) is 11.3. The van der Waals surface area contributed by atoms with Crippen LogP contribution in [0.15, 0.2) is 18.3 Å². The van der Waals surface area contributed by atoms with Gasteiger partial charge in [-0.2, -0.15) is 0 Å². The lowest BCUT2D eigenvalue weighted by atomic mass is 9.85. The van der Waals surface area contributed by atoms with Crippen molar-refractivity contribution in [2.24, 2.45) is 5.92 Å². The lowest BCUT2D eigenvalue weighted by molar-refractivity contribution is -0.138. The van der Waals surface area contributed by atoms with Crippen LogP contribution in [0, 0.1) is 12.8 Å². The van der Waals surface area contributed by atoms with Gasteiger partial charge < -0.3 is 20.5 Å². The van der Waals surface area contributed by atoms with Crippen LogP contribution in [0.2, 0.25) is 0 Å². The maximum atomic E-state index is 13.3. The van der Waals surface area contributed by atoms with E-state index in [0.717, 1.165) is 0 Å². The summed E-state index contributed by atoms with van der Waals surface area (Å²) in [5, 5.41) is 15.7. The number of nitrogens with one attached hydrogen (secondary N) is 2. The highest BCUT2D eigenvalue weighted by molar-refractivity contribution is 5.95. The van der Waals surface area contributed by atoms with Crippen molar-refractivity contribution in [3.63, 3.8) is 0 Å². The summed E-state index contributed by atoms with van der Waals surface area (Å²) in [7, 11) is 0. The van der Waals surface area contributed by atoms with E-state index in [1.807, 2.05) is 18.3 Å². The molecule has 4 rings (SSSR count). The molecule has 0 radical (unpaired) electrons. The van der Waals surface area contributed by atoms with Gasteiger partial charge in [0.25, 0.3) is 5.91 Å². The van der Waals surface area contributed by atoms with Gasteiger partial charge in [-0.25, -0.2) is 4.98 Å². The van der Waals surface area contributed by atoms with E-state index in [1.165, 1.54) is 32.1 Å². The molecular weight excluding hydrogens is 396 g/mol. The molecule has 0 bridgehead atoms. The molecule has 8 nitrogen and oxygen atoms in total. The van der Waals surface area contributed by atoms with E-state index in [9.17, 15) is 14.7 Å². The van der Waals surface area contributed by atoms with Gasteiger partial charge in [0.05, 0.1) is 24.3 Å². The maximum absolute atomic E-state index is 13.3. The van der Waals surface area contributed by atoms with Crippen molar-refractivity contribution in [2.45, 2.75) is 63.8 Å². The SMILES string of the molecule is Cc1nc2c(OCC3CCCCC3)cccn2c1C(=O)NC1(CC(=O)O)CCNCC1. The van der Waals surface area contributed by atoms with E-state index in [0.29, 0.717) is 61.2 Å². The molecule has 0 unspecified atom stereocenters. The second-order valence-electron chi connectivity index (χ2n) is 8.98. The number of fused-ring (bicyclic) bond motifs is 1. The van der Waals surface area contributed by atoms with E-state index in [-0.39, 0.29) is 12.3 Å². The minimum absolute atomic E-state index is 0.0913. The third kappa shape index (κ3) is 4.84. The van der Waals surface area contributed by atoms with Gasteiger partial charge in [-0.05, 0) is 63.7 Å². The summed E-state index contributed by atoms with van der Waals surface area (Å²) >= 11 is 0. The van der Waals surface area contributed by atoms with Crippen molar-refractivity contribution in [3.05, 3.63) is 29.7 Å². The normalized spacial score (nSPS) is 19.3. The van der Waals surface area contributed by atoms with Gasteiger partial charge in [0.2, 0.25) is 0 Å². The average Bonchev–Trinajstić information content (AvgIpc) is 3.09. The molecule has 0 spiro atoms. The van der Waals surface area contributed by atoms with E-state index >= 15 is 0 Å². The van der Waals surface area contributed by atoms with Crippen molar-refractivity contribution in [1.29, 1.82) is 0 Å². The number of carbonyl (C=O) groups excluding carboxylic acids is 1. The fourth-order valence-corrected chi connectivity index (χ4v) is 4.94. The summed E-state index contributed by atoms with van der Waals surface area (Å²) in [4.78, 5) is 29.4. The Morgan fingerprint density at radius 3 is 2.74 bits per heavy atom. The van der Waals surface area contributed by atoms with E-state index in [1.54, 1.807) is 11.3 Å². The molecule has 2 aromatic rings. The zero-order valence-electron chi connectivity index (χ0n) is 18.2. The number of aliphatic carboxylic acids is 1. The zero-order chi connectivity index (χ0) is 21.8. The number of hydrogen-bond donors (Lipinski definition) is 3. The monoisotopic (exact) mass is 428 g/mol. The molecular formula is C23H32N4O4. The molecule has 168 valence electrons. The van der Waals surface area contributed by atoms with Gasteiger partial charge in [0, 0.05) is 6.20 Å². The number of ether oxygens (including phenoxy) is 1. The van der Waals surface area contributed by atoms with Crippen LogP contribution in [0.1, 0.15) is 67.5 Å². The first-order valence-electron chi connectivity index (χ1n) is 11.3. The molecule has 31 heavy (non-hydrogen) atoms. The molecule has 1 aliphatic carbocycles. The molecule has 0 atom stereocenters. The lowest BCUT2D eigenvalue weighted by Gasteiger charge is -2.37. The van der Waals surface area contributed by atoms with Gasteiger partial charge in [-0.1, -0.05) is 19.3 Å². The fourth-order valence-electron chi connectivity index (χ4n) is 4.94. The summed E-state index contributed by atoms with van der Waals surface area (Å²) in [5.41, 5.74) is 0.908. The highest BCUT2D eigenvalue weighted by Crippen LogP contribution is 2.28. The Hall–Kier alpha value is -2.61. The van der Waals surface area contributed by atoms with Gasteiger partial charge in [0.1, 0.15) is 5.69 Å². The van der Waals surface area contributed by atoms with Crippen molar-refractivity contribution >= 4 is 17.5 Å². The summed E-state index contributed by atoms with van der Waals surface area (Å²) in [6.45, 7) is 3.83. The van der Waals surface area contributed by atoms with E-state index in [4.69, 9.17) is 4.74 Å². The first kappa shape index (κ1) is 21.6. The molecule has 1 aliphatic heterocycles. The molecule has 8 heteroatoms. The quantitative estimate of drug-likeness (QED) is 0.626. The zero-order valence-corrected chi connectivity index (χ0v) is 18.2. The van der Waals surface area contributed by atoms with Crippen LogP contribution in [0.25, 0.3) is 5.65 Å². The molecule has 1 saturated carbocycles. The molecule has 0 aromatic carbocycles. The topological polar surface area (TPSA) is 105 Å². The maximum Gasteiger partial charge on any atom is 0.305 e. The van der Waals surface area contributed by atoms with Crippen LogP contribution in [-0.4, -0.2) is 51.6 Å². The number of carboxylic acids is 1.